The third kappa shape index (κ3) is 13.6. The molecule has 42 heavy (non-hydrogen) atoms. The number of Topliss-reactive ketones (excluding diaryl/α,β-unsaturated/α-hetero) is 1. The lowest BCUT2D eigenvalue weighted by molar-refractivity contribution is -0.991. The molecule has 9 nitrogen and oxygen atoms in total. The predicted molar refractivity (Wildman–Crippen MR) is 162 cm³/mol. The second kappa shape index (κ2) is 19.6. The highest BCUT2D eigenvalue weighted by molar-refractivity contribution is 5.84. The topological polar surface area (TPSA) is 140 Å². The third-order valence-electron chi connectivity index (χ3n) is 7.92. The van der Waals surface area contributed by atoms with Crippen molar-refractivity contribution in [2.75, 3.05) is 0 Å². The number of nitrogens with one attached hydrogen (secondary N) is 2. The van der Waals surface area contributed by atoms with Crippen LogP contribution in [0.25, 0.3) is 0 Å². The smallest absolute Gasteiger partial charge is 0.328 e. The van der Waals surface area contributed by atoms with Gasteiger partial charge < -0.3 is 20.4 Å². The zero-order valence-corrected chi connectivity index (χ0v) is 25.7. The second-order valence-corrected chi connectivity index (χ2v) is 12.0. The van der Waals surface area contributed by atoms with Crippen LogP contribution < -0.4 is 10.5 Å². The third-order valence-corrected chi connectivity index (χ3v) is 7.92. The van der Waals surface area contributed by atoms with Gasteiger partial charge in [0, 0.05) is 30.9 Å². The molecule has 1 aromatic rings. The molecule has 0 heterocycles. The first kappa shape index (κ1) is 35.6. The molecule has 0 saturated heterocycles. The van der Waals surface area contributed by atoms with Crippen LogP contribution in [0.1, 0.15) is 110 Å². The van der Waals surface area contributed by atoms with E-state index < -0.39 is 23.3 Å². The second-order valence-electron chi connectivity index (χ2n) is 12.0. The van der Waals surface area contributed by atoms with Crippen LogP contribution in [0.2, 0.25) is 0 Å². The zero-order chi connectivity index (χ0) is 30.9. The van der Waals surface area contributed by atoms with Gasteiger partial charge in [0.2, 0.25) is 5.91 Å². The molecule has 236 valence electrons. The van der Waals surface area contributed by atoms with Crippen molar-refractivity contribution in [1.29, 1.82) is 0 Å². The number of amides is 1. The average Bonchev–Trinajstić information content (AvgIpc) is 3.30. The summed E-state index contributed by atoms with van der Waals surface area (Å²) in [5, 5.41) is 32.0. The maximum atomic E-state index is 12.7. The maximum absolute atomic E-state index is 12.7. The molecule has 0 aromatic heterocycles. The molecule has 5 atom stereocenters. The van der Waals surface area contributed by atoms with Crippen molar-refractivity contribution in [1.82, 2.24) is 5.32 Å². The number of carbonyl (C=O) groups excluding carboxylic acids is 3. The van der Waals surface area contributed by atoms with Gasteiger partial charge in [-0.1, -0.05) is 71.4 Å². The lowest BCUT2D eigenvalue weighted by atomic mass is 9.89. The highest BCUT2D eigenvalue weighted by Crippen LogP contribution is 2.34. The van der Waals surface area contributed by atoms with E-state index in [0.29, 0.717) is 37.0 Å². The number of ketones is 1. The Morgan fingerprint density at radius 2 is 1.83 bits per heavy atom. The van der Waals surface area contributed by atoms with E-state index in [1.165, 1.54) is 12.1 Å². The van der Waals surface area contributed by atoms with E-state index in [4.69, 9.17) is 9.94 Å². The molecule has 1 saturated carbocycles. The molecule has 0 bridgehead atoms. The Morgan fingerprint density at radius 3 is 2.50 bits per heavy atom. The van der Waals surface area contributed by atoms with E-state index in [0.717, 1.165) is 57.8 Å². The molecule has 2 rings (SSSR count). The fourth-order valence-corrected chi connectivity index (χ4v) is 5.46. The lowest BCUT2D eigenvalue weighted by Gasteiger charge is -2.19. The molecule has 0 spiro atoms. The normalized spacial score (nSPS) is 19.3. The van der Waals surface area contributed by atoms with Gasteiger partial charge in [0.05, 0.1) is 6.10 Å². The van der Waals surface area contributed by atoms with Crippen LogP contribution in [-0.4, -0.2) is 40.1 Å². The summed E-state index contributed by atoms with van der Waals surface area (Å²) in [6.07, 6.45) is 14.1. The summed E-state index contributed by atoms with van der Waals surface area (Å²) in [7, 11) is 0. The van der Waals surface area contributed by atoms with Gasteiger partial charge in [-0.2, -0.15) is 5.23 Å². The minimum Gasteiger partial charge on any atom is -0.595 e. The Morgan fingerprint density at radius 1 is 1.12 bits per heavy atom. The minimum absolute atomic E-state index is 0.00286. The summed E-state index contributed by atoms with van der Waals surface area (Å²) in [6.45, 7) is 6.10. The van der Waals surface area contributed by atoms with Gasteiger partial charge in [-0.25, -0.2) is 10.0 Å². The van der Waals surface area contributed by atoms with Crippen molar-refractivity contribution in [3.63, 3.8) is 0 Å². The van der Waals surface area contributed by atoms with E-state index in [9.17, 15) is 24.7 Å². The monoisotopic (exact) mass is 588 g/mol. The summed E-state index contributed by atoms with van der Waals surface area (Å²) >= 11 is 0. The predicted octanol–water partition coefficient (Wildman–Crippen LogP) is 5.10. The zero-order valence-electron chi connectivity index (χ0n) is 25.7. The number of esters is 1. The fourth-order valence-electron chi connectivity index (χ4n) is 5.46. The van der Waals surface area contributed by atoms with Gasteiger partial charge in [-0.15, -0.1) is 0 Å². The molecule has 1 aromatic carbocycles. The maximum Gasteiger partial charge on any atom is 0.328 e. The Bertz CT molecular complexity index is 977. The number of ether oxygens (including phenoxy) is 1. The molecule has 1 unspecified atom stereocenters. The van der Waals surface area contributed by atoms with Crippen LogP contribution in [0.15, 0.2) is 36.4 Å². The standard InChI is InChI=1S/C33H52N2O7/c1-4-5-8-11-28(36)20-16-26-17-21-31(37)29(26)12-9-6-7-10-13-32(38)34-30(22-24(2)3)33(39)42-23-25-14-18-27(19-15-25)35(40)41/h14-16,18-20,24,26,28-30,35-36,40H,4-13,17,21-23H2,1-3H3,(H,34,38)/t26-,28+,29-,30+/m1/s1. The molecule has 1 fully saturated rings. The number of hydrogen-bond acceptors (Lipinski definition) is 7. The average molecular weight is 589 g/mol. The first-order chi connectivity index (χ1) is 20.1. The van der Waals surface area contributed by atoms with Gasteiger partial charge in [0.15, 0.2) is 5.69 Å². The number of allylic oxidation sites excluding steroid dienone is 1. The number of quaternary nitrogens is 1. The number of carbonyl (C=O) groups is 3. The van der Waals surface area contributed by atoms with E-state index >= 15 is 0 Å². The van der Waals surface area contributed by atoms with Crippen LogP contribution >= 0.6 is 0 Å². The number of unbranched alkanes of at least 4 members (excludes halogenated alkanes) is 5. The number of benzene rings is 1. The first-order valence-corrected chi connectivity index (χ1v) is 15.8. The SMILES string of the molecule is CCCCC[C@H](O)C=C[C@@H]1CCC(=O)[C@@H]1CCCCCCC(=O)N[C@@H](CC(C)C)C(=O)OCc1ccc([NH+]([O-])O)cc1. The molecule has 1 aliphatic carbocycles. The van der Waals surface area contributed by atoms with Crippen molar-refractivity contribution < 1.29 is 34.7 Å². The highest BCUT2D eigenvalue weighted by atomic mass is 16.8. The van der Waals surface area contributed by atoms with Crippen molar-refractivity contribution in [3.05, 3.63) is 47.2 Å². The van der Waals surface area contributed by atoms with Gasteiger partial charge in [-0.05, 0) is 61.6 Å². The van der Waals surface area contributed by atoms with Gasteiger partial charge in [0.1, 0.15) is 18.4 Å². The van der Waals surface area contributed by atoms with Crippen LogP contribution in [0.5, 0.6) is 0 Å². The number of aliphatic hydroxyl groups excluding tert-OH is 1. The van der Waals surface area contributed by atoms with Crippen LogP contribution in [-0.2, 0) is 25.7 Å². The van der Waals surface area contributed by atoms with Crippen LogP contribution in [0.3, 0.4) is 0 Å². The van der Waals surface area contributed by atoms with Gasteiger partial charge in [-0.3, -0.25) is 9.59 Å². The van der Waals surface area contributed by atoms with Gasteiger partial charge >= 0.3 is 5.97 Å². The van der Waals surface area contributed by atoms with E-state index in [1.807, 2.05) is 19.9 Å². The molecule has 4 N–H and O–H groups in total. The quantitative estimate of drug-likeness (QED) is 0.0719. The molecule has 0 radical (unpaired) electrons. The number of rotatable bonds is 20. The molecule has 0 aliphatic heterocycles. The van der Waals surface area contributed by atoms with Crippen molar-refractivity contribution in [2.45, 2.75) is 123 Å². The largest absolute Gasteiger partial charge is 0.595 e. The Labute approximate surface area is 251 Å². The summed E-state index contributed by atoms with van der Waals surface area (Å²) in [5.74, 6) is 0.0646. The van der Waals surface area contributed by atoms with Crippen molar-refractivity contribution in [2.24, 2.45) is 17.8 Å². The summed E-state index contributed by atoms with van der Waals surface area (Å²) in [6, 6.07) is 5.39. The molecule has 9 heteroatoms. The number of aliphatic hydroxyl groups is 1. The van der Waals surface area contributed by atoms with Crippen LogP contribution in [0, 0.1) is 23.0 Å². The Kier molecular flexibility index (Phi) is 16.6. The Hall–Kier alpha value is -2.59. The summed E-state index contributed by atoms with van der Waals surface area (Å²) in [5.41, 5.74) is 0.831. The van der Waals surface area contributed by atoms with E-state index in [-0.39, 0.29) is 36.0 Å². The molecular weight excluding hydrogens is 536 g/mol. The Balaban J connectivity index is 1.69. The fraction of sp³-hybridized carbons (Fsp3) is 0.667. The van der Waals surface area contributed by atoms with Gasteiger partial charge in [0.25, 0.3) is 0 Å². The molecule has 1 aliphatic rings. The number of hydrogen-bond donors (Lipinski definition) is 4. The molecule has 1 amide bonds. The van der Waals surface area contributed by atoms with Crippen molar-refractivity contribution in [3.8, 4) is 0 Å². The minimum atomic E-state index is -1.02. The van der Waals surface area contributed by atoms with E-state index in [1.54, 1.807) is 12.1 Å². The van der Waals surface area contributed by atoms with E-state index in [2.05, 4.69) is 18.3 Å². The highest BCUT2D eigenvalue weighted by Gasteiger charge is 2.32. The lowest BCUT2D eigenvalue weighted by Crippen LogP contribution is -2.99. The summed E-state index contributed by atoms with van der Waals surface area (Å²) in [4.78, 5) is 37.8. The van der Waals surface area contributed by atoms with Crippen LogP contribution in [0.4, 0.5) is 5.69 Å². The first-order valence-electron chi connectivity index (χ1n) is 15.8. The molecular formula is C33H52N2O7. The van der Waals surface area contributed by atoms with Crippen molar-refractivity contribution >= 4 is 23.3 Å². The summed E-state index contributed by atoms with van der Waals surface area (Å²) < 4.78 is 5.42.